The average Bonchev–Trinajstić information content (AvgIpc) is 3.24. The Bertz CT molecular complexity index is 1620. The van der Waals surface area contributed by atoms with Gasteiger partial charge in [0, 0.05) is 12.6 Å². The second kappa shape index (κ2) is 23.4. The summed E-state index contributed by atoms with van der Waals surface area (Å²) in [6.45, 7) is 2.59. The van der Waals surface area contributed by atoms with Crippen molar-refractivity contribution < 1.29 is 28.8 Å². The summed E-state index contributed by atoms with van der Waals surface area (Å²) in [7, 11) is 0. The first-order valence-electron chi connectivity index (χ1n) is 21.1. The molecule has 3 aromatic carbocycles. The van der Waals surface area contributed by atoms with Gasteiger partial charge < -0.3 is 10.1 Å². The number of carbonyl (C=O) groups is 4. The molecule has 302 valence electrons. The number of aryl methyl sites for hydroxylation is 1. The Labute approximate surface area is 333 Å². The lowest BCUT2D eigenvalue weighted by molar-refractivity contribution is -0.171. The van der Waals surface area contributed by atoms with Crippen LogP contribution in [-0.4, -0.2) is 52.5 Å². The van der Waals surface area contributed by atoms with Crippen molar-refractivity contribution >= 4 is 23.8 Å². The fourth-order valence-electron chi connectivity index (χ4n) is 8.03. The van der Waals surface area contributed by atoms with E-state index in [-0.39, 0.29) is 37.6 Å². The van der Waals surface area contributed by atoms with Crippen LogP contribution in [0.5, 0.6) is 0 Å². The number of unbranched alkanes of at least 4 members (excludes halogenated alkanes) is 4. The highest BCUT2D eigenvalue weighted by Gasteiger charge is 2.46. The van der Waals surface area contributed by atoms with Gasteiger partial charge in [-0.15, -0.1) is 0 Å². The highest BCUT2D eigenvalue weighted by Crippen LogP contribution is 2.32. The van der Waals surface area contributed by atoms with Gasteiger partial charge >= 0.3 is 6.09 Å². The quantitative estimate of drug-likeness (QED) is 0.0877. The molecule has 1 aliphatic heterocycles. The first kappa shape index (κ1) is 42.4. The molecule has 2 aliphatic rings. The van der Waals surface area contributed by atoms with E-state index in [1.165, 1.54) is 10.0 Å². The lowest BCUT2D eigenvalue weighted by Crippen LogP contribution is -2.64. The largest absolute Gasteiger partial charge is 0.443 e. The van der Waals surface area contributed by atoms with E-state index in [1.807, 2.05) is 78.9 Å². The number of benzene rings is 3. The molecule has 1 saturated carbocycles. The molecule has 3 atom stereocenters. The molecule has 0 radical (unpaired) electrons. The number of hydrazine groups is 1. The molecule has 4 amide bonds. The van der Waals surface area contributed by atoms with Crippen LogP contribution in [0.3, 0.4) is 0 Å². The molecule has 0 bridgehead atoms. The summed E-state index contributed by atoms with van der Waals surface area (Å²) < 4.78 is 5.81. The SMILES string of the molecule is CCCCCCC[C@@H](C(=O)N1[C@H](C(=O)NC2CCCCC2)CCCN1C(=O)OCc1ccccc1)C(CCCc1ccccc1)C(=O)NOCc1ccccc1. The average molecular weight is 767 g/mol. The molecule has 1 heterocycles. The summed E-state index contributed by atoms with van der Waals surface area (Å²) >= 11 is 0. The number of hydrogen-bond acceptors (Lipinski definition) is 6. The number of ether oxygens (including phenoxy) is 1. The van der Waals surface area contributed by atoms with Gasteiger partial charge in [-0.05, 0) is 68.1 Å². The maximum Gasteiger partial charge on any atom is 0.429 e. The maximum absolute atomic E-state index is 15.4. The van der Waals surface area contributed by atoms with Crippen LogP contribution in [0.15, 0.2) is 91.0 Å². The molecule has 2 N–H and O–H groups in total. The van der Waals surface area contributed by atoms with Gasteiger partial charge in [0.05, 0.1) is 18.4 Å². The van der Waals surface area contributed by atoms with E-state index in [2.05, 4.69) is 29.9 Å². The van der Waals surface area contributed by atoms with Gasteiger partial charge in [0.15, 0.2) is 0 Å². The van der Waals surface area contributed by atoms with Crippen LogP contribution >= 0.6 is 0 Å². The molecule has 2 fully saturated rings. The van der Waals surface area contributed by atoms with Crippen LogP contribution in [0.1, 0.15) is 120 Å². The fourth-order valence-corrected chi connectivity index (χ4v) is 8.03. The normalized spacial score (nSPS) is 17.1. The zero-order valence-electron chi connectivity index (χ0n) is 33.2. The fraction of sp³-hybridized carbons (Fsp3) is 0.522. The van der Waals surface area contributed by atoms with Gasteiger partial charge in [0.25, 0.3) is 0 Å². The molecule has 10 nitrogen and oxygen atoms in total. The van der Waals surface area contributed by atoms with Crippen LogP contribution in [0.2, 0.25) is 0 Å². The Hall–Kier alpha value is -4.70. The van der Waals surface area contributed by atoms with Crippen molar-refractivity contribution in [1.29, 1.82) is 0 Å². The number of nitrogens with zero attached hydrogens (tertiary/aromatic N) is 2. The summed E-state index contributed by atoms with van der Waals surface area (Å²) in [5, 5.41) is 5.93. The zero-order valence-corrected chi connectivity index (χ0v) is 33.2. The first-order chi connectivity index (χ1) is 27.4. The van der Waals surface area contributed by atoms with E-state index in [0.29, 0.717) is 32.1 Å². The number of amides is 4. The summed E-state index contributed by atoms with van der Waals surface area (Å²) in [6.07, 6.45) is 12.4. The molecule has 1 saturated heterocycles. The highest BCUT2D eigenvalue weighted by atomic mass is 16.6. The van der Waals surface area contributed by atoms with Crippen molar-refractivity contribution in [2.75, 3.05) is 6.54 Å². The Morgan fingerprint density at radius 1 is 0.679 bits per heavy atom. The summed E-state index contributed by atoms with van der Waals surface area (Å²) in [6, 6.07) is 28.2. The van der Waals surface area contributed by atoms with Gasteiger partial charge in [0.2, 0.25) is 17.7 Å². The van der Waals surface area contributed by atoms with Crippen molar-refractivity contribution in [2.24, 2.45) is 11.8 Å². The van der Waals surface area contributed by atoms with Crippen LogP contribution in [0, 0.1) is 11.8 Å². The predicted molar refractivity (Wildman–Crippen MR) is 217 cm³/mol. The lowest BCUT2D eigenvalue weighted by Gasteiger charge is -2.45. The Morgan fingerprint density at radius 2 is 1.29 bits per heavy atom. The number of hydrogen-bond donors (Lipinski definition) is 2. The van der Waals surface area contributed by atoms with Gasteiger partial charge in [-0.1, -0.05) is 149 Å². The Balaban J connectivity index is 1.44. The molecule has 56 heavy (non-hydrogen) atoms. The third kappa shape index (κ3) is 13.2. The lowest BCUT2D eigenvalue weighted by atomic mass is 9.81. The van der Waals surface area contributed by atoms with Crippen molar-refractivity contribution in [3.05, 3.63) is 108 Å². The second-order valence-electron chi connectivity index (χ2n) is 15.4. The van der Waals surface area contributed by atoms with Crippen LogP contribution in [-0.2, 0) is 43.6 Å². The van der Waals surface area contributed by atoms with E-state index in [0.717, 1.165) is 87.3 Å². The van der Waals surface area contributed by atoms with Crippen LogP contribution < -0.4 is 10.8 Å². The molecule has 0 aromatic heterocycles. The number of hydroxylamine groups is 1. The molecule has 0 spiro atoms. The molecular formula is C46H62N4O6. The third-order valence-electron chi connectivity index (χ3n) is 11.1. The summed E-state index contributed by atoms with van der Waals surface area (Å²) in [5.74, 6) is -2.61. The van der Waals surface area contributed by atoms with Crippen LogP contribution in [0.4, 0.5) is 4.79 Å². The number of nitrogens with one attached hydrogen (secondary N) is 2. The predicted octanol–water partition coefficient (Wildman–Crippen LogP) is 8.84. The van der Waals surface area contributed by atoms with E-state index >= 15 is 4.79 Å². The molecular weight excluding hydrogens is 705 g/mol. The summed E-state index contributed by atoms with van der Waals surface area (Å²) in [5.41, 5.74) is 5.57. The van der Waals surface area contributed by atoms with Crippen molar-refractivity contribution in [2.45, 2.75) is 135 Å². The molecule has 1 unspecified atom stereocenters. The van der Waals surface area contributed by atoms with Crippen molar-refractivity contribution in [3.8, 4) is 0 Å². The van der Waals surface area contributed by atoms with E-state index < -0.39 is 29.9 Å². The maximum atomic E-state index is 15.4. The number of rotatable bonds is 20. The Kier molecular flexibility index (Phi) is 17.7. The van der Waals surface area contributed by atoms with Gasteiger partial charge in [-0.3, -0.25) is 19.2 Å². The summed E-state index contributed by atoms with van der Waals surface area (Å²) in [4.78, 5) is 63.6. The van der Waals surface area contributed by atoms with Crippen molar-refractivity contribution in [1.82, 2.24) is 20.8 Å². The minimum atomic E-state index is -0.910. The van der Waals surface area contributed by atoms with Crippen LogP contribution in [0.25, 0.3) is 0 Å². The van der Waals surface area contributed by atoms with Gasteiger partial charge in [-0.25, -0.2) is 20.3 Å². The van der Waals surface area contributed by atoms with E-state index in [9.17, 15) is 14.4 Å². The number of carbonyl (C=O) groups excluding carboxylic acids is 4. The highest BCUT2D eigenvalue weighted by molar-refractivity contribution is 5.92. The van der Waals surface area contributed by atoms with Gasteiger partial charge in [0.1, 0.15) is 12.6 Å². The monoisotopic (exact) mass is 766 g/mol. The second-order valence-corrected chi connectivity index (χ2v) is 15.4. The minimum Gasteiger partial charge on any atom is -0.443 e. The smallest absolute Gasteiger partial charge is 0.429 e. The van der Waals surface area contributed by atoms with E-state index in [1.54, 1.807) is 0 Å². The molecule has 3 aromatic rings. The molecule has 1 aliphatic carbocycles. The minimum absolute atomic E-state index is 0.0289. The third-order valence-corrected chi connectivity index (χ3v) is 11.1. The first-order valence-corrected chi connectivity index (χ1v) is 21.1. The Morgan fingerprint density at radius 3 is 1.95 bits per heavy atom. The van der Waals surface area contributed by atoms with Gasteiger partial charge in [-0.2, -0.15) is 0 Å². The van der Waals surface area contributed by atoms with E-state index in [4.69, 9.17) is 9.57 Å². The topological polar surface area (TPSA) is 117 Å². The van der Waals surface area contributed by atoms with Crippen molar-refractivity contribution in [3.63, 3.8) is 0 Å². The molecule has 5 rings (SSSR count). The zero-order chi connectivity index (χ0) is 39.4. The standard InChI is InChI=1S/C46H62N4O6/c1-2-3-4-5-18-30-41(40(31-19-27-36-21-10-6-11-22-36)43(51)48-56-35-38-25-14-8-15-26-38)45(53)50-42(44(52)47-39-28-16-9-17-29-39)32-20-33-49(50)46(54)55-34-37-23-12-7-13-24-37/h6-8,10-15,21-26,39-42H,2-5,9,16-20,27-35H2,1H3,(H,47,52)(H,48,51)/t40?,41-,42+/m1/s1. The molecule has 10 heteroatoms.